The highest BCUT2D eigenvalue weighted by Gasteiger charge is 2.64. The minimum Gasteiger partial charge on any atom is -0.328 e. The van der Waals surface area contributed by atoms with Crippen LogP contribution in [-0.4, -0.2) is 15.8 Å². The van der Waals surface area contributed by atoms with Crippen LogP contribution in [0.25, 0.3) is 0 Å². The quantitative estimate of drug-likeness (QED) is 0.712. The number of hydrogen-bond donors (Lipinski definition) is 0. The molecule has 0 N–H and O–H groups in total. The first-order chi connectivity index (χ1) is 6.91. The van der Waals surface area contributed by atoms with Gasteiger partial charge in [-0.15, -0.1) is 0 Å². The first-order valence-corrected chi connectivity index (χ1v) is 5.36. The third-order valence-corrected chi connectivity index (χ3v) is 4.56. The maximum Gasteiger partial charge on any atom is 0.168 e. The van der Waals surface area contributed by atoms with Crippen LogP contribution in [0.5, 0.6) is 0 Å². The van der Waals surface area contributed by atoms with Crippen LogP contribution >= 0.6 is 0 Å². The number of nitrogens with zero attached hydrogens (tertiary/aromatic N) is 2. The molecule has 0 atom stereocenters. The normalized spacial score (nSPS) is 22.7. The SMILES string of the molecule is CC1(C)C(Cn2cncc2C=O)C1(C)C. The number of aromatic nitrogens is 2. The van der Waals surface area contributed by atoms with E-state index in [1.54, 1.807) is 12.5 Å². The van der Waals surface area contributed by atoms with Crippen molar-refractivity contribution >= 4 is 6.29 Å². The molecule has 1 heterocycles. The largest absolute Gasteiger partial charge is 0.328 e. The smallest absolute Gasteiger partial charge is 0.168 e. The van der Waals surface area contributed by atoms with Crippen molar-refractivity contribution in [2.24, 2.45) is 16.7 Å². The summed E-state index contributed by atoms with van der Waals surface area (Å²) in [5, 5.41) is 0. The molecule has 0 bridgehead atoms. The van der Waals surface area contributed by atoms with E-state index >= 15 is 0 Å². The van der Waals surface area contributed by atoms with Crippen LogP contribution in [0.4, 0.5) is 0 Å². The number of hydrogen-bond acceptors (Lipinski definition) is 2. The van der Waals surface area contributed by atoms with Gasteiger partial charge in [-0.05, 0) is 16.7 Å². The summed E-state index contributed by atoms with van der Waals surface area (Å²) < 4.78 is 1.95. The van der Waals surface area contributed by atoms with Gasteiger partial charge in [-0.25, -0.2) is 4.98 Å². The van der Waals surface area contributed by atoms with Crippen molar-refractivity contribution in [2.45, 2.75) is 34.2 Å². The zero-order valence-electron chi connectivity index (χ0n) is 9.82. The summed E-state index contributed by atoms with van der Waals surface area (Å²) in [6.45, 7) is 10.0. The molecule has 0 saturated heterocycles. The second-order valence-electron chi connectivity index (χ2n) is 5.58. The molecule has 0 amide bonds. The highest BCUT2D eigenvalue weighted by Crippen LogP contribution is 2.68. The fourth-order valence-corrected chi connectivity index (χ4v) is 2.57. The molecule has 0 spiro atoms. The third-order valence-electron chi connectivity index (χ3n) is 4.56. The standard InChI is InChI=1S/C12H18N2O/c1-11(2)10(12(11,3)4)6-14-8-13-5-9(14)7-15/h5,7-8,10H,6H2,1-4H3. The Bertz CT molecular complexity index is 376. The average molecular weight is 206 g/mol. The van der Waals surface area contributed by atoms with Crippen LogP contribution in [0, 0.1) is 16.7 Å². The van der Waals surface area contributed by atoms with Gasteiger partial charge in [0.05, 0.1) is 12.5 Å². The number of rotatable bonds is 3. The molecule has 1 aromatic heterocycles. The second-order valence-corrected chi connectivity index (χ2v) is 5.58. The summed E-state index contributed by atoms with van der Waals surface area (Å²) in [6, 6.07) is 0. The predicted octanol–water partition coefficient (Wildman–Crippen LogP) is 2.38. The second kappa shape index (κ2) is 2.94. The molecule has 1 saturated carbocycles. The van der Waals surface area contributed by atoms with E-state index in [0.717, 1.165) is 12.8 Å². The topological polar surface area (TPSA) is 34.9 Å². The molecule has 3 heteroatoms. The van der Waals surface area contributed by atoms with Gasteiger partial charge < -0.3 is 4.57 Å². The molecule has 3 nitrogen and oxygen atoms in total. The zero-order valence-corrected chi connectivity index (χ0v) is 9.82. The van der Waals surface area contributed by atoms with Gasteiger partial charge in [-0.2, -0.15) is 0 Å². The minimum absolute atomic E-state index is 0.359. The molecule has 0 radical (unpaired) electrons. The zero-order chi connectivity index (χ0) is 11.3. The maximum absolute atomic E-state index is 10.8. The van der Waals surface area contributed by atoms with Crippen molar-refractivity contribution in [2.75, 3.05) is 0 Å². The molecule has 82 valence electrons. The Morgan fingerprint density at radius 2 is 2.00 bits per heavy atom. The molecule has 1 fully saturated rings. The van der Waals surface area contributed by atoms with Gasteiger partial charge in [0.25, 0.3) is 0 Å². The average Bonchev–Trinajstić information content (AvgIpc) is 2.59. The Balaban J connectivity index is 2.16. The molecule has 1 aromatic rings. The number of imidazole rings is 1. The van der Waals surface area contributed by atoms with Crippen molar-refractivity contribution in [3.63, 3.8) is 0 Å². The lowest BCUT2D eigenvalue weighted by Gasteiger charge is -2.05. The van der Waals surface area contributed by atoms with Crippen molar-refractivity contribution in [3.05, 3.63) is 18.2 Å². The monoisotopic (exact) mass is 206 g/mol. The first kappa shape index (κ1) is 10.4. The van der Waals surface area contributed by atoms with Gasteiger partial charge in [0.2, 0.25) is 0 Å². The Labute approximate surface area is 90.5 Å². The van der Waals surface area contributed by atoms with E-state index in [-0.39, 0.29) is 0 Å². The third kappa shape index (κ3) is 1.33. The van der Waals surface area contributed by atoms with Gasteiger partial charge in [0.15, 0.2) is 6.29 Å². The first-order valence-electron chi connectivity index (χ1n) is 5.36. The number of aldehydes is 1. The Morgan fingerprint density at radius 3 is 2.47 bits per heavy atom. The van der Waals surface area contributed by atoms with E-state index in [9.17, 15) is 4.79 Å². The van der Waals surface area contributed by atoms with E-state index in [1.807, 2.05) is 4.57 Å². The Kier molecular flexibility index (Phi) is 2.04. The number of carbonyl (C=O) groups is 1. The summed E-state index contributed by atoms with van der Waals surface area (Å²) in [5.41, 5.74) is 1.39. The van der Waals surface area contributed by atoms with Crippen LogP contribution in [-0.2, 0) is 6.54 Å². The molecule has 2 rings (SSSR count). The van der Waals surface area contributed by atoms with Crippen LogP contribution in [0.2, 0.25) is 0 Å². The number of carbonyl (C=O) groups excluding carboxylic acids is 1. The molecule has 1 aliphatic rings. The van der Waals surface area contributed by atoms with Crippen molar-refractivity contribution in [3.8, 4) is 0 Å². The maximum atomic E-state index is 10.8. The van der Waals surface area contributed by atoms with E-state index in [2.05, 4.69) is 32.7 Å². The van der Waals surface area contributed by atoms with Gasteiger partial charge in [-0.3, -0.25) is 4.79 Å². The fraction of sp³-hybridized carbons (Fsp3) is 0.667. The summed E-state index contributed by atoms with van der Waals surface area (Å²) in [6.07, 6.45) is 4.24. The van der Waals surface area contributed by atoms with Crippen LogP contribution < -0.4 is 0 Å². The van der Waals surface area contributed by atoms with Crippen molar-refractivity contribution in [1.82, 2.24) is 9.55 Å². The molecule has 0 aromatic carbocycles. The summed E-state index contributed by atoms with van der Waals surface area (Å²) in [7, 11) is 0. The fourth-order valence-electron chi connectivity index (χ4n) is 2.57. The highest BCUT2D eigenvalue weighted by atomic mass is 16.1. The molecule has 15 heavy (non-hydrogen) atoms. The van der Waals surface area contributed by atoms with Gasteiger partial charge in [-0.1, -0.05) is 27.7 Å². The predicted molar refractivity (Wildman–Crippen MR) is 58.7 cm³/mol. The molecular weight excluding hydrogens is 188 g/mol. The summed E-state index contributed by atoms with van der Waals surface area (Å²) in [4.78, 5) is 14.8. The lowest BCUT2D eigenvalue weighted by Crippen LogP contribution is -2.06. The highest BCUT2D eigenvalue weighted by molar-refractivity contribution is 5.71. The summed E-state index contributed by atoms with van der Waals surface area (Å²) in [5.74, 6) is 0.623. The van der Waals surface area contributed by atoms with E-state index in [0.29, 0.717) is 22.4 Å². The van der Waals surface area contributed by atoms with E-state index in [1.165, 1.54) is 0 Å². The van der Waals surface area contributed by atoms with Crippen LogP contribution in [0.1, 0.15) is 38.2 Å². The van der Waals surface area contributed by atoms with E-state index in [4.69, 9.17) is 0 Å². The van der Waals surface area contributed by atoms with Gasteiger partial charge >= 0.3 is 0 Å². The van der Waals surface area contributed by atoms with E-state index < -0.39 is 0 Å². The lowest BCUT2D eigenvalue weighted by molar-refractivity contribution is 0.111. The van der Waals surface area contributed by atoms with Crippen molar-refractivity contribution in [1.29, 1.82) is 0 Å². The molecule has 1 aliphatic carbocycles. The molecule has 0 aliphatic heterocycles. The molecular formula is C12H18N2O. The minimum atomic E-state index is 0.359. The van der Waals surface area contributed by atoms with Crippen LogP contribution in [0.15, 0.2) is 12.5 Å². The lowest BCUT2D eigenvalue weighted by atomic mass is 10.0. The Hall–Kier alpha value is -1.12. The summed E-state index contributed by atoms with van der Waals surface area (Å²) >= 11 is 0. The van der Waals surface area contributed by atoms with Crippen molar-refractivity contribution < 1.29 is 4.79 Å². The van der Waals surface area contributed by atoms with Gasteiger partial charge in [0.1, 0.15) is 5.69 Å². The van der Waals surface area contributed by atoms with Crippen LogP contribution in [0.3, 0.4) is 0 Å². The molecule has 0 unspecified atom stereocenters. The van der Waals surface area contributed by atoms with Gasteiger partial charge in [0, 0.05) is 6.54 Å². The Morgan fingerprint density at radius 1 is 1.40 bits per heavy atom.